The second kappa shape index (κ2) is 6.82. The molecular formula is C14H10ClF4N3O. The van der Waals surface area contributed by atoms with E-state index in [0.717, 1.165) is 21.1 Å². The fourth-order valence-electron chi connectivity index (χ4n) is 2.04. The van der Waals surface area contributed by atoms with Gasteiger partial charge in [-0.25, -0.2) is 22.7 Å². The third-order valence-electron chi connectivity index (χ3n) is 2.97. The first-order valence-electron chi connectivity index (χ1n) is 6.23. The zero-order valence-electron chi connectivity index (χ0n) is 11.7. The molecule has 0 fully saturated rings. The summed E-state index contributed by atoms with van der Waals surface area (Å²) in [7, 11) is 0. The predicted octanol–water partition coefficient (Wildman–Crippen LogP) is 3.61. The van der Waals surface area contributed by atoms with Crippen LogP contribution in [0, 0.1) is 18.7 Å². The monoisotopic (exact) mass is 347 g/mol. The Labute approximate surface area is 132 Å². The Balaban J connectivity index is 0.000000595. The molecule has 0 radical (unpaired) electrons. The summed E-state index contributed by atoms with van der Waals surface area (Å²) in [6.45, 7) is -0.133. The van der Waals surface area contributed by atoms with Crippen LogP contribution in [-0.2, 0) is 0 Å². The van der Waals surface area contributed by atoms with E-state index < -0.39 is 24.3 Å². The molecule has 0 saturated carbocycles. The fraction of sp³-hybridized carbons (Fsp3) is 0.143. The van der Waals surface area contributed by atoms with Gasteiger partial charge in [0.1, 0.15) is 5.82 Å². The molecule has 4 nitrogen and oxygen atoms in total. The van der Waals surface area contributed by atoms with Crippen molar-refractivity contribution in [1.82, 2.24) is 14.0 Å². The number of aromatic nitrogens is 3. The van der Waals surface area contributed by atoms with Crippen LogP contribution in [0.2, 0.25) is 5.02 Å². The molecule has 0 aliphatic carbocycles. The summed E-state index contributed by atoms with van der Waals surface area (Å²) in [4.78, 5) is 15.9. The summed E-state index contributed by atoms with van der Waals surface area (Å²) in [5, 5.41) is -0.0109. The van der Waals surface area contributed by atoms with E-state index in [2.05, 4.69) is 4.98 Å². The number of fused-ring (bicyclic) bond motifs is 1. The molecule has 1 aromatic carbocycles. The Bertz CT molecular complexity index is 884. The molecular weight excluding hydrogens is 338 g/mol. The van der Waals surface area contributed by atoms with Gasteiger partial charge >= 0.3 is 0 Å². The number of hydrogen-bond donors (Lipinski definition) is 0. The van der Waals surface area contributed by atoms with E-state index in [9.17, 15) is 22.4 Å². The number of nitrogens with zero attached hydrogens (tertiary/aromatic N) is 3. The highest BCUT2D eigenvalue weighted by Gasteiger charge is 2.14. The topological polar surface area (TPSA) is 39.3 Å². The average molecular weight is 348 g/mol. The number of hydrogen-bond acceptors (Lipinski definition) is 2. The van der Waals surface area contributed by atoms with Gasteiger partial charge in [0.05, 0.1) is 16.8 Å². The largest absolute Gasteiger partial charge is 0.269 e. The first kappa shape index (κ1) is 17.0. The molecule has 0 unspecified atom stereocenters. The minimum Gasteiger partial charge on any atom is -0.269 e. The lowest BCUT2D eigenvalue weighted by atomic mass is 10.2. The Kier molecular flexibility index (Phi) is 5.05. The minimum atomic E-state index is -1.75. The predicted molar refractivity (Wildman–Crippen MR) is 77.5 cm³/mol. The molecule has 0 amide bonds. The Morgan fingerprint density at radius 3 is 2.48 bits per heavy atom. The van der Waals surface area contributed by atoms with Crippen molar-refractivity contribution in [2.45, 2.75) is 6.92 Å². The fourth-order valence-corrected chi connectivity index (χ4v) is 2.15. The van der Waals surface area contributed by atoms with Gasteiger partial charge in [-0.15, -0.1) is 0 Å². The number of halogens is 5. The summed E-state index contributed by atoms with van der Waals surface area (Å²) in [5.41, 5.74) is 0.0792. The maximum absolute atomic E-state index is 13.7. The lowest BCUT2D eigenvalue weighted by molar-refractivity contribution is 0.295. The normalized spacial score (nSPS) is 10.5. The molecule has 3 aromatic rings. The van der Waals surface area contributed by atoms with Crippen LogP contribution < -0.4 is 5.56 Å². The van der Waals surface area contributed by atoms with Gasteiger partial charge in [0.15, 0.2) is 0 Å². The quantitative estimate of drug-likeness (QED) is 0.498. The maximum Gasteiger partial charge on any atom is 0.262 e. The maximum atomic E-state index is 13.7. The number of imidazole rings is 1. The molecule has 2 aromatic heterocycles. The van der Waals surface area contributed by atoms with E-state index in [1.54, 1.807) is 13.0 Å². The van der Waals surface area contributed by atoms with Crippen LogP contribution in [-0.4, -0.2) is 20.9 Å². The lowest BCUT2D eigenvalue weighted by Gasteiger charge is -2.10. The highest BCUT2D eigenvalue weighted by molar-refractivity contribution is 6.31. The molecule has 2 heterocycles. The van der Waals surface area contributed by atoms with Gasteiger partial charge in [0.25, 0.3) is 5.56 Å². The van der Waals surface area contributed by atoms with Crippen LogP contribution in [0.15, 0.2) is 35.4 Å². The average Bonchev–Trinajstić information content (AvgIpc) is 2.95. The van der Waals surface area contributed by atoms with E-state index in [1.807, 2.05) is 0 Å². The van der Waals surface area contributed by atoms with E-state index in [0.29, 0.717) is 5.56 Å². The zero-order valence-corrected chi connectivity index (χ0v) is 12.5. The van der Waals surface area contributed by atoms with E-state index in [1.165, 1.54) is 12.4 Å². The smallest absolute Gasteiger partial charge is 0.262 e. The number of alkyl halides is 2. The molecule has 0 spiro atoms. The van der Waals surface area contributed by atoms with E-state index in [-0.39, 0.29) is 16.5 Å². The zero-order chi connectivity index (χ0) is 17.1. The van der Waals surface area contributed by atoms with Crippen LogP contribution in [0.1, 0.15) is 5.56 Å². The summed E-state index contributed by atoms with van der Waals surface area (Å²) in [5.74, 6) is -1.32. The van der Waals surface area contributed by atoms with Crippen molar-refractivity contribution in [3.8, 4) is 5.69 Å². The van der Waals surface area contributed by atoms with Gasteiger partial charge in [0.2, 0.25) is 18.7 Å². The van der Waals surface area contributed by atoms with Gasteiger partial charge in [-0.3, -0.25) is 9.20 Å². The summed E-state index contributed by atoms with van der Waals surface area (Å²) >= 11 is 5.76. The van der Waals surface area contributed by atoms with Gasteiger partial charge in [-0.1, -0.05) is 11.6 Å². The molecule has 9 heteroatoms. The van der Waals surface area contributed by atoms with Crippen molar-refractivity contribution in [3.63, 3.8) is 0 Å². The third kappa shape index (κ3) is 3.21. The molecule has 0 bridgehead atoms. The molecule has 0 N–H and O–H groups in total. The van der Waals surface area contributed by atoms with Crippen molar-refractivity contribution < 1.29 is 17.6 Å². The van der Waals surface area contributed by atoms with Gasteiger partial charge in [-0.2, -0.15) is 4.39 Å². The van der Waals surface area contributed by atoms with Crippen molar-refractivity contribution in [3.05, 3.63) is 63.3 Å². The molecule has 23 heavy (non-hydrogen) atoms. The molecule has 122 valence electrons. The highest BCUT2D eigenvalue weighted by Crippen LogP contribution is 2.23. The Morgan fingerprint density at radius 1 is 1.22 bits per heavy atom. The van der Waals surface area contributed by atoms with E-state index in [4.69, 9.17) is 11.6 Å². The van der Waals surface area contributed by atoms with Gasteiger partial charge < -0.3 is 0 Å². The molecule has 0 atom stereocenters. The van der Waals surface area contributed by atoms with E-state index >= 15 is 0 Å². The van der Waals surface area contributed by atoms with Crippen molar-refractivity contribution in [2.24, 2.45) is 0 Å². The second-order valence-electron chi connectivity index (χ2n) is 4.40. The SMILES string of the molecule is Cc1cc(-n2c(=O)cc(F)n3ccnc23)cc(F)c1Cl.FCF. The third-order valence-corrected chi connectivity index (χ3v) is 3.45. The van der Waals surface area contributed by atoms with Crippen molar-refractivity contribution >= 4 is 17.4 Å². The summed E-state index contributed by atoms with van der Waals surface area (Å²) in [6, 6.07) is 3.47. The van der Waals surface area contributed by atoms with Crippen molar-refractivity contribution in [2.75, 3.05) is 6.93 Å². The Morgan fingerprint density at radius 2 is 1.87 bits per heavy atom. The van der Waals surface area contributed by atoms with Crippen molar-refractivity contribution in [1.29, 1.82) is 0 Å². The molecule has 3 rings (SSSR count). The number of benzene rings is 1. The summed E-state index contributed by atoms with van der Waals surface area (Å²) in [6.07, 6.45) is 2.73. The Hall–Kier alpha value is -2.35. The molecule has 0 aliphatic rings. The van der Waals surface area contributed by atoms with Crippen LogP contribution in [0.25, 0.3) is 11.5 Å². The first-order chi connectivity index (χ1) is 10.9. The van der Waals surface area contributed by atoms with Crippen LogP contribution in [0.4, 0.5) is 17.6 Å². The lowest BCUT2D eigenvalue weighted by Crippen LogP contribution is -2.21. The standard InChI is InChI=1S/C13H8ClF2N3O.CH2F2/c1-7-4-8(5-9(15)12(7)14)19-11(20)6-10(16)18-3-2-17-13(18)19;2-1-3/h2-6H,1H3;1H2. The van der Waals surface area contributed by atoms with Gasteiger partial charge in [-0.05, 0) is 24.6 Å². The number of aryl methyl sites for hydroxylation is 1. The number of rotatable bonds is 1. The highest BCUT2D eigenvalue weighted by atomic mass is 35.5. The molecule has 0 saturated heterocycles. The van der Waals surface area contributed by atoms with Crippen LogP contribution in [0.5, 0.6) is 0 Å². The second-order valence-corrected chi connectivity index (χ2v) is 4.78. The minimum absolute atomic E-state index is 0.0109. The van der Waals surface area contributed by atoms with Gasteiger partial charge in [0, 0.05) is 12.4 Å². The molecule has 0 aliphatic heterocycles. The van der Waals surface area contributed by atoms with Crippen LogP contribution >= 0.6 is 11.6 Å². The summed E-state index contributed by atoms with van der Waals surface area (Å²) < 4.78 is 48.8. The first-order valence-corrected chi connectivity index (χ1v) is 6.61. The van der Waals surface area contributed by atoms with Crippen LogP contribution in [0.3, 0.4) is 0 Å².